The molecular weight excluding hydrogens is 374 g/mol. The number of hydrogen-bond acceptors (Lipinski definition) is 5. The van der Waals surface area contributed by atoms with E-state index in [9.17, 15) is 0 Å². The zero-order chi connectivity index (χ0) is 19.9. The van der Waals surface area contributed by atoms with Crippen molar-refractivity contribution in [2.24, 2.45) is 0 Å². The quantitative estimate of drug-likeness (QED) is 0.432. The van der Waals surface area contributed by atoms with Crippen LogP contribution >= 0.6 is 0 Å². The lowest BCUT2D eigenvalue weighted by molar-refractivity contribution is 0.737. The number of aromatic nitrogens is 6. The first-order valence-corrected chi connectivity index (χ1v) is 10.0. The average molecular weight is 393 g/mol. The third-order valence-electron chi connectivity index (χ3n) is 5.56. The Balaban J connectivity index is 1.50. The monoisotopic (exact) mass is 393 g/mol. The van der Waals surface area contributed by atoms with Gasteiger partial charge in [-0.1, -0.05) is 12.1 Å². The van der Waals surface area contributed by atoms with Gasteiger partial charge < -0.3 is 10.3 Å². The standard InChI is InChI=1S/C23H19N7/c1-2-15(13-25-8-1)16-7-11-26-23-17(16)12-20(28-23)22-21-19(29-30-22)4-3-18(27-21)14-5-9-24-10-6-14/h1-5,7-8,11-13,24H,6,9-10H2,(H,26,28)(H,29,30). The van der Waals surface area contributed by atoms with Gasteiger partial charge in [0.15, 0.2) is 0 Å². The van der Waals surface area contributed by atoms with Gasteiger partial charge in [0.05, 0.1) is 16.9 Å². The Labute approximate surface area is 172 Å². The van der Waals surface area contributed by atoms with Gasteiger partial charge in [-0.15, -0.1) is 0 Å². The minimum absolute atomic E-state index is 0.802. The fraction of sp³-hybridized carbons (Fsp3) is 0.130. The lowest BCUT2D eigenvalue weighted by Gasteiger charge is -2.13. The molecule has 5 aromatic rings. The molecule has 0 fully saturated rings. The molecule has 0 atom stereocenters. The predicted octanol–water partition coefficient (Wildman–Crippen LogP) is 3.94. The van der Waals surface area contributed by atoms with Gasteiger partial charge in [-0.05, 0) is 54.4 Å². The van der Waals surface area contributed by atoms with Gasteiger partial charge in [-0.3, -0.25) is 10.1 Å². The van der Waals surface area contributed by atoms with Gasteiger partial charge in [-0.25, -0.2) is 9.97 Å². The van der Waals surface area contributed by atoms with Crippen molar-refractivity contribution in [2.45, 2.75) is 6.42 Å². The molecule has 7 heteroatoms. The van der Waals surface area contributed by atoms with Crippen LogP contribution in [0.5, 0.6) is 0 Å². The zero-order valence-corrected chi connectivity index (χ0v) is 16.2. The second kappa shape index (κ2) is 6.89. The molecule has 0 radical (unpaired) electrons. The number of fused-ring (bicyclic) bond motifs is 2. The maximum atomic E-state index is 4.95. The van der Waals surface area contributed by atoms with Gasteiger partial charge in [0, 0.05) is 36.1 Å². The first kappa shape index (κ1) is 17.1. The largest absolute Gasteiger partial charge is 0.338 e. The number of hydrogen-bond donors (Lipinski definition) is 3. The van der Waals surface area contributed by atoms with Crippen LogP contribution in [0.1, 0.15) is 12.1 Å². The van der Waals surface area contributed by atoms with Gasteiger partial charge in [0.25, 0.3) is 0 Å². The minimum atomic E-state index is 0.802. The fourth-order valence-electron chi connectivity index (χ4n) is 4.05. The molecule has 6 heterocycles. The van der Waals surface area contributed by atoms with Crippen LogP contribution in [0.25, 0.3) is 50.2 Å². The first-order chi connectivity index (χ1) is 14.9. The summed E-state index contributed by atoms with van der Waals surface area (Å²) in [6.45, 7) is 1.87. The number of H-pyrrole nitrogens is 2. The third-order valence-corrected chi connectivity index (χ3v) is 5.56. The van der Waals surface area contributed by atoms with Crippen LogP contribution in [0.3, 0.4) is 0 Å². The highest BCUT2D eigenvalue weighted by Gasteiger charge is 2.16. The summed E-state index contributed by atoms with van der Waals surface area (Å²) in [5.41, 5.74) is 8.73. The van der Waals surface area contributed by atoms with E-state index < -0.39 is 0 Å². The molecule has 0 aliphatic carbocycles. The summed E-state index contributed by atoms with van der Waals surface area (Å²) in [7, 11) is 0. The first-order valence-electron chi connectivity index (χ1n) is 10.0. The molecule has 1 aliphatic rings. The Morgan fingerprint density at radius 1 is 1.03 bits per heavy atom. The predicted molar refractivity (Wildman–Crippen MR) is 118 cm³/mol. The Hall–Kier alpha value is -3.84. The molecule has 0 bridgehead atoms. The molecule has 7 nitrogen and oxygen atoms in total. The van der Waals surface area contributed by atoms with Crippen molar-refractivity contribution in [3.05, 3.63) is 66.8 Å². The molecule has 30 heavy (non-hydrogen) atoms. The average Bonchev–Trinajstić information content (AvgIpc) is 3.43. The van der Waals surface area contributed by atoms with Crippen molar-refractivity contribution in [3.63, 3.8) is 0 Å². The molecule has 0 amide bonds. The van der Waals surface area contributed by atoms with E-state index in [4.69, 9.17) is 4.98 Å². The maximum absolute atomic E-state index is 4.95. The van der Waals surface area contributed by atoms with Crippen molar-refractivity contribution in [1.82, 2.24) is 35.5 Å². The number of pyridine rings is 3. The Bertz CT molecular complexity index is 1400. The normalized spacial score (nSPS) is 14.3. The summed E-state index contributed by atoms with van der Waals surface area (Å²) in [4.78, 5) is 17.1. The van der Waals surface area contributed by atoms with Gasteiger partial charge >= 0.3 is 0 Å². The van der Waals surface area contributed by atoms with E-state index in [-0.39, 0.29) is 0 Å². The van der Waals surface area contributed by atoms with E-state index in [1.54, 1.807) is 6.20 Å². The summed E-state index contributed by atoms with van der Waals surface area (Å²) in [6.07, 6.45) is 8.65. The summed E-state index contributed by atoms with van der Waals surface area (Å²) < 4.78 is 0. The summed E-state index contributed by atoms with van der Waals surface area (Å²) in [5.74, 6) is 0. The van der Waals surface area contributed by atoms with Crippen LogP contribution in [0.15, 0.2) is 61.1 Å². The van der Waals surface area contributed by atoms with Gasteiger partial charge in [0.1, 0.15) is 16.9 Å². The second-order valence-electron chi connectivity index (χ2n) is 7.39. The molecule has 3 N–H and O–H groups in total. The molecule has 0 saturated heterocycles. The molecule has 0 unspecified atom stereocenters. The lowest BCUT2D eigenvalue weighted by Crippen LogP contribution is -2.20. The number of nitrogens with one attached hydrogen (secondary N) is 3. The number of aromatic amines is 2. The Kier molecular flexibility index (Phi) is 3.92. The molecule has 0 aromatic carbocycles. The van der Waals surface area contributed by atoms with Crippen molar-refractivity contribution >= 4 is 27.6 Å². The Morgan fingerprint density at radius 2 is 2.03 bits per heavy atom. The lowest BCUT2D eigenvalue weighted by atomic mass is 10.0. The summed E-state index contributed by atoms with van der Waals surface area (Å²) >= 11 is 0. The van der Waals surface area contributed by atoms with Crippen molar-refractivity contribution in [3.8, 4) is 22.5 Å². The van der Waals surface area contributed by atoms with Crippen LogP contribution < -0.4 is 5.32 Å². The summed E-state index contributed by atoms with van der Waals surface area (Å²) in [5, 5.41) is 12.1. The fourth-order valence-corrected chi connectivity index (χ4v) is 4.05. The SMILES string of the molecule is C1=C(c2ccc3[nH]nc(-c4cc5c(-c6cccnc6)ccnc5[nH]4)c3n2)CCNC1. The van der Waals surface area contributed by atoms with Gasteiger partial charge in [-0.2, -0.15) is 5.10 Å². The molecule has 146 valence electrons. The van der Waals surface area contributed by atoms with Crippen LogP contribution in [0.4, 0.5) is 0 Å². The van der Waals surface area contributed by atoms with E-state index in [1.807, 2.05) is 24.5 Å². The smallest absolute Gasteiger partial charge is 0.138 e. The van der Waals surface area contributed by atoms with E-state index in [2.05, 4.69) is 60.8 Å². The maximum Gasteiger partial charge on any atom is 0.138 e. The highest BCUT2D eigenvalue weighted by atomic mass is 15.1. The van der Waals surface area contributed by atoms with Gasteiger partial charge in [0.2, 0.25) is 0 Å². The Morgan fingerprint density at radius 3 is 2.90 bits per heavy atom. The van der Waals surface area contributed by atoms with Crippen molar-refractivity contribution < 1.29 is 0 Å². The minimum Gasteiger partial charge on any atom is -0.338 e. The topological polar surface area (TPSA) is 95.2 Å². The molecule has 1 aliphatic heterocycles. The van der Waals surface area contributed by atoms with E-state index >= 15 is 0 Å². The van der Waals surface area contributed by atoms with E-state index in [1.165, 1.54) is 5.57 Å². The van der Waals surface area contributed by atoms with E-state index in [0.717, 1.165) is 69.8 Å². The molecule has 6 rings (SSSR count). The van der Waals surface area contributed by atoms with Crippen molar-refractivity contribution in [2.75, 3.05) is 13.1 Å². The van der Waals surface area contributed by atoms with E-state index in [0.29, 0.717) is 0 Å². The third kappa shape index (κ3) is 2.79. The molecular formula is C23H19N7. The number of nitrogens with zero attached hydrogens (tertiary/aromatic N) is 4. The zero-order valence-electron chi connectivity index (χ0n) is 16.2. The highest BCUT2D eigenvalue weighted by molar-refractivity contribution is 5.98. The van der Waals surface area contributed by atoms with Crippen LogP contribution in [0.2, 0.25) is 0 Å². The molecule has 0 saturated carbocycles. The van der Waals surface area contributed by atoms with Crippen LogP contribution in [-0.4, -0.2) is 43.2 Å². The molecule has 0 spiro atoms. The highest BCUT2D eigenvalue weighted by Crippen LogP contribution is 2.33. The molecule has 5 aromatic heterocycles. The summed E-state index contributed by atoms with van der Waals surface area (Å²) in [6, 6.07) is 12.2. The van der Waals surface area contributed by atoms with Crippen molar-refractivity contribution in [1.29, 1.82) is 0 Å². The van der Waals surface area contributed by atoms with Crippen LogP contribution in [0, 0.1) is 0 Å². The second-order valence-corrected chi connectivity index (χ2v) is 7.39. The number of rotatable bonds is 3. The van der Waals surface area contributed by atoms with Crippen LogP contribution in [-0.2, 0) is 0 Å².